The van der Waals surface area contributed by atoms with Crippen LogP contribution in [0.5, 0.6) is 0 Å². The van der Waals surface area contributed by atoms with E-state index in [1.165, 1.54) is 6.20 Å². The monoisotopic (exact) mass is 208 g/mol. The van der Waals surface area contributed by atoms with E-state index in [2.05, 4.69) is 15.3 Å². The highest BCUT2D eigenvalue weighted by atomic mass is 16.6. The molecule has 15 heavy (non-hydrogen) atoms. The van der Waals surface area contributed by atoms with Crippen LogP contribution in [0, 0.1) is 10.1 Å². The van der Waals surface area contributed by atoms with Crippen LogP contribution in [-0.2, 0) is 0 Å². The van der Waals surface area contributed by atoms with E-state index in [0.29, 0.717) is 18.2 Å². The summed E-state index contributed by atoms with van der Waals surface area (Å²) in [6, 6.07) is 0. The van der Waals surface area contributed by atoms with Gasteiger partial charge in [-0.1, -0.05) is 0 Å². The van der Waals surface area contributed by atoms with Gasteiger partial charge in [0, 0.05) is 12.5 Å². The molecule has 6 nitrogen and oxygen atoms in total. The van der Waals surface area contributed by atoms with Crippen LogP contribution in [0.4, 0.5) is 11.6 Å². The normalized spacial score (nSPS) is 15.0. The summed E-state index contributed by atoms with van der Waals surface area (Å²) in [5.74, 6) is 0.732. The summed E-state index contributed by atoms with van der Waals surface area (Å²) < 4.78 is 0. The Balaban J connectivity index is 2.35. The number of hydrogen-bond donors (Lipinski definition) is 1. The van der Waals surface area contributed by atoms with E-state index >= 15 is 0 Å². The lowest BCUT2D eigenvalue weighted by Crippen LogP contribution is -2.06. The Morgan fingerprint density at radius 2 is 2.40 bits per heavy atom. The molecule has 0 amide bonds. The number of nitrogens with one attached hydrogen (secondary N) is 1. The molecule has 1 saturated carbocycles. The minimum absolute atomic E-state index is 0.0409. The van der Waals surface area contributed by atoms with Gasteiger partial charge in [0.05, 0.1) is 4.92 Å². The molecule has 1 N–H and O–H groups in total. The number of anilines is 1. The largest absolute Gasteiger partial charge is 0.354 e. The number of nitro groups is 1. The Kier molecular flexibility index (Phi) is 2.49. The van der Waals surface area contributed by atoms with Gasteiger partial charge in [-0.3, -0.25) is 10.1 Å². The zero-order valence-electron chi connectivity index (χ0n) is 8.43. The molecule has 0 atom stereocenters. The summed E-state index contributed by atoms with van der Waals surface area (Å²) in [7, 11) is 0. The van der Waals surface area contributed by atoms with Gasteiger partial charge in [0.25, 0.3) is 0 Å². The van der Waals surface area contributed by atoms with E-state index < -0.39 is 4.92 Å². The first-order chi connectivity index (χ1) is 7.22. The van der Waals surface area contributed by atoms with Crippen molar-refractivity contribution >= 4 is 11.6 Å². The van der Waals surface area contributed by atoms with E-state index in [-0.39, 0.29) is 11.6 Å². The maximum absolute atomic E-state index is 10.7. The molecule has 0 radical (unpaired) electrons. The van der Waals surface area contributed by atoms with Crippen LogP contribution in [0.2, 0.25) is 0 Å². The third-order valence-corrected chi connectivity index (χ3v) is 2.29. The summed E-state index contributed by atoms with van der Waals surface area (Å²) in [6.07, 6.45) is 3.27. The molecule has 0 aliphatic heterocycles. The first kappa shape index (κ1) is 9.82. The Hall–Kier alpha value is -1.72. The average Bonchev–Trinajstić information content (AvgIpc) is 3.01. The molecule has 2 rings (SSSR count). The lowest BCUT2D eigenvalue weighted by molar-refractivity contribution is -0.386. The van der Waals surface area contributed by atoms with Crippen molar-refractivity contribution in [2.75, 3.05) is 11.9 Å². The summed E-state index contributed by atoms with van der Waals surface area (Å²) in [5.41, 5.74) is 0.616. The molecular formula is C9H12N4O2. The molecule has 1 aromatic rings. The zero-order chi connectivity index (χ0) is 10.8. The van der Waals surface area contributed by atoms with Gasteiger partial charge in [0.1, 0.15) is 11.9 Å². The van der Waals surface area contributed by atoms with Crippen LogP contribution in [-0.4, -0.2) is 21.4 Å². The van der Waals surface area contributed by atoms with E-state index in [0.717, 1.165) is 12.8 Å². The Bertz CT molecular complexity index is 390. The second-order valence-corrected chi connectivity index (χ2v) is 3.53. The molecule has 1 fully saturated rings. The highest BCUT2D eigenvalue weighted by molar-refractivity contribution is 5.42. The molecule has 1 aromatic heterocycles. The summed E-state index contributed by atoms with van der Waals surface area (Å²) in [5, 5.41) is 13.7. The molecule has 0 spiro atoms. The maximum Gasteiger partial charge on any atom is 0.309 e. The summed E-state index contributed by atoms with van der Waals surface area (Å²) >= 11 is 0. The average molecular weight is 208 g/mol. The van der Waals surface area contributed by atoms with Crippen molar-refractivity contribution in [1.82, 2.24) is 9.97 Å². The van der Waals surface area contributed by atoms with Gasteiger partial charge >= 0.3 is 5.69 Å². The molecule has 80 valence electrons. The van der Waals surface area contributed by atoms with Crippen molar-refractivity contribution in [2.45, 2.75) is 25.7 Å². The topological polar surface area (TPSA) is 81.0 Å². The predicted octanol–water partition coefficient (Wildman–Crippen LogP) is 1.69. The fraction of sp³-hybridized carbons (Fsp3) is 0.556. The van der Waals surface area contributed by atoms with Crippen molar-refractivity contribution in [2.24, 2.45) is 0 Å². The first-order valence-corrected chi connectivity index (χ1v) is 4.97. The lowest BCUT2D eigenvalue weighted by atomic mass is 10.2. The first-order valence-electron chi connectivity index (χ1n) is 4.97. The number of hydrogen-bond acceptors (Lipinski definition) is 5. The van der Waals surface area contributed by atoms with Gasteiger partial charge in [-0.05, 0) is 19.8 Å². The molecule has 1 aliphatic rings. The Labute approximate surface area is 86.9 Å². The lowest BCUT2D eigenvalue weighted by Gasteiger charge is -2.03. The van der Waals surface area contributed by atoms with Gasteiger partial charge < -0.3 is 5.32 Å². The summed E-state index contributed by atoms with van der Waals surface area (Å²) in [6.45, 7) is 2.64. The quantitative estimate of drug-likeness (QED) is 0.601. The van der Waals surface area contributed by atoms with Crippen LogP contribution in [0.15, 0.2) is 6.20 Å². The minimum Gasteiger partial charge on any atom is -0.354 e. The highest BCUT2D eigenvalue weighted by Gasteiger charge is 2.32. The predicted molar refractivity (Wildman–Crippen MR) is 54.8 cm³/mol. The molecule has 0 bridgehead atoms. The molecule has 0 unspecified atom stereocenters. The maximum atomic E-state index is 10.7. The van der Waals surface area contributed by atoms with Crippen molar-refractivity contribution in [1.29, 1.82) is 0 Å². The van der Waals surface area contributed by atoms with Gasteiger partial charge in [-0.15, -0.1) is 0 Å². The third kappa shape index (κ3) is 2.03. The van der Waals surface area contributed by atoms with Crippen LogP contribution < -0.4 is 5.32 Å². The molecule has 1 heterocycles. The van der Waals surface area contributed by atoms with E-state index in [4.69, 9.17) is 0 Å². The number of aromatic nitrogens is 2. The smallest absolute Gasteiger partial charge is 0.309 e. The van der Waals surface area contributed by atoms with E-state index in [9.17, 15) is 10.1 Å². The number of rotatable bonds is 4. The van der Waals surface area contributed by atoms with Crippen LogP contribution in [0.25, 0.3) is 0 Å². The van der Waals surface area contributed by atoms with Crippen molar-refractivity contribution in [3.63, 3.8) is 0 Å². The fourth-order valence-electron chi connectivity index (χ4n) is 1.43. The van der Waals surface area contributed by atoms with Gasteiger partial charge in [0.15, 0.2) is 0 Å². The zero-order valence-corrected chi connectivity index (χ0v) is 8.43. The Morgan fingerprint density at radius 1 is 1.67 bits per heavy atom. The highest BCUT2D eigenvalue weighted by Crippen LogP contribution is 2.42. The van der Waals surface area contributed by atoms with Crippen molar-refractivity contribution in [3.05, 3.63) is 22.0 Å². The minimum atomic E-state index is -0.413. The standard InChI is InChI=1S/C9H12N4O2/c1-2-10-9-11-5-7(13(14)15)8(12-9)6-3-4-6/h5-6H,2-4H2,1H3,(H,10,11,12). The second kappa shape index (κ2) is 3.80. The fourth-order valence-corrected chi connectivity index (χ4v) is 1.43. The second-order valence-electron chi connectivity index (χ2n) is 3.53. The van der Waals surface area contributed by atoms with Gasteiger partial charge in [-0.25, -0.2) is 9.97 Å². The Morgan fingerprint density at radius 3 is 2.93 bits per heavy atom. The molecule has 0 aromatic carbocycles. The van der Waals surface area contributed by atoms with Crippen molar-refractivity contribution in [3.8, 4) is 0 Å². The SMILES string of the molecule is CCNc1ncc([N+](=O)[O-])c(C2CC2)n1. The van der Waals surface area contributed by atoms with Gasteiger partial charge in [-0.2, -0.15) is 0 Å². The van der Waals surface area contributed by atoms with Gasteiger partial charge in [0.2, 0.25) is 5.95 Å². The number of nitrogens with zero attached hydrogens (tertiary/aromatic N) is 3. The third-order valence-electron chi connectivity index (χ3n) is 2.29. The van der Waals surface area contributed by atoms with E-state index in [1.807, 2.05) is 6.92 Å². The van der Waals surface area contributed by atoms with Crippen LogP contribution in [0.1, 0.15) is 31.4 Å². The van der Waals surface area contributed by atoms with Crippen molar-refractivity contribution < 1.29 is 4.92 Å². The molecular weight excluding hydrogens is 196 g/mol. The van der Waals surface area contributed by atoms with E-state index in [1.54, 1.807) is 0 Å². The molecule has 1 aliphatic carbocycles. The molecule has 0 saturated heterocycles. The van der Waals surface area contributed by atoms with Crippen LogP contribution in [0.3, 0.4) is 0 Å². The summed E-state index contributed by atoms with van der Waals surface area (Å²) in [4.78, 5) is 18.4. The molecule has 6 heteroatoms. The van der Waals surface area contributed by atoms with Crippen LogP contribution >= 0.6 is 0 Å².